The van der Waals surface area contributed by atoms with Crippen molar-refractivity contribution in [1.29, 1.82) is 0 Å². The predicted molar refractivity (Wildman–Crippen MR) is 105 cm³/mol. The number of aliphatic hydroxyl groups is 1. The molecule has 0 spiro atoms. The number of aromatic nitrogens is 1. The van der Waals surface area contributed by atoms with E-state index in [-0.39, 0.29) is 17.5 Å². The molecule has 6 nitrogen and oxygen atoms in total. The number of hydrogen-bond acceptors (Lipinski definition) is 5. The van der Waals surface area contributed by atoms with Gasteiger partial charge in [-0.3, -0.25) is 0 Å². The van der Waals surface area contributed by atoms with Gasteiger partial charge < -0.3 is 20.6 Å². The number of aliphatic carboxylic acids is 1. The van der Waals surface area contributed by atoms with E-state index < -0.39 is 18.6 Å². The third-order valence-electron chi connectivity index (χ3n) is 4.51. The SMILES string of the molecule is CC(C)c1c(N[C@H](CO)C(=O)O)nc2cc(O)ccc2c1-c1ccc(F)cc1. The van der Waals surface area contributed by atoms with Crippen LogP contribution in [-0.4, -0.2) is 38.9 Å². The molecule has 28 heavy (non-hydrogen) atoms. The van der Waals surface area contributed by atoms with Crippen molar-refractivity contribution in [3.05, 3.63) is 53.8 Å². The van der Waals surface area contributed by atoms with Crippen molar-refractivity contribution in [3.63, 3.8) is 0 Å². The summed E-state index contributed by atoms with van der Waals surface area (Å²) in [6.45, 7) is 3.27. The highest BCUT2D eigenvalue weighted by atomic mass is 19.1. The van der Waals surface area contributed by atoms with E-state index in [9.17, 15) is 24.5 Å². The molecule has 0 amide bonds. The standard InChI is InChI=1S/C21H21FN2O4/c1-11(2)18-19(12-3-5-13(22)6-4-12)15-8-7-14(26)9-16(15)23-20(18)24-17(10-25)21(27)28/h3-9,11,17,25-26H,10H2,1-2H3,(H,23,24)(H,27,28)/t17-/m1/s1. The summed E-state index contributed by atoms with van der Waals surface area (Å²) in [5.41, 5.74) is 2.70. The van der Waals surface area contributed by atoms with Crippen molar-refractivity contribution >= 4 is 22.7 Å². The van der Waals surface area contributed by atoms with Gasteiger partial charge in [-0.05, 0) is 41.3 Å². The Morgan fingerprint density at radius 1 is 1.18 bits per heavy atom. The monoisotopic (exact) mass is 384 g/mol. The minimum Gasteiger partial charge on any atom is -0.508 e. The molecule has 3 rings (SSSR count). The largest absolute Gasteiger partial charge is 0.508 e. The number of nitrogens with one attached hydrogen (secondary N) is 1. The van der Waals surface area contributed by atoms with Crippen molar-refractivity contribution < 1.29 is 24.5 Å². The summed E-state index contributed by atoms with van der Waals surface area (Å²) in [4.78, 5) is 15.9. The summed E-state index contributed by atoms with van der Waals surface area (Å²) in [5.74, 6) is -1.31. The number of pyridine rings is 1. The maximum Gasteiger partial charge on any atom is 0.328 e. The maximum absolute atomic E-state index is 13.5. The van der Waals surface area contributed by atoms with E-state index in [1.165, 1.54) is 18.2 Å². The molecule has 0 saturated carbocycles. The molecule has 0 saturated heterocycles. The molecule has 2 aromatic carbocycles. The van der Waals surface area contributed by atoms with Gasteiger partial charge in [0, 0.05) is 17.0 Å². The lowest BCUT2D eigenvalue weighted by Crippen LogP contribution is -2.33. The Bertz CT molecular complexity index is 1020. The van der Waals surface area contributed by atoms with Gasteiger partial charge in [0.15, 0.2) is 0 Å². The van der Waals surface area contributed by atoms with E-state index in [0.717, 1.165) is 22.1 Å². The molecule has 0 unspecified atom stereocenters. The van der Waals surface area contributed by atoms with Crippen LogP contribution < -0.4 is 5.32 Å². The average Bonchev–Trinajstić information content (AvgIpc) is 2.65. The third kappa shape index (κ3) is 3.75. The first-order chi connectivity index (χ1) is 13.3. The van der Waals surface area contributed by atoms with Gasteiger partial charge in [0.1, 0.15) is 23.4 Å². The van der Waals surface area contributed by atoms with Gasteiger partial charge in [0.25, 0.3) is 0 Å². The van der Waals surface area contributed by atoms with Crippen molar-refractivity contribution in [1.82, 2.24) is 4.98 Å². The van der Waals surface area contributed by atoms with Crippen LogP contribution in [0.5, 0.6) is 5.75 Å². The van der Waals surface area contributed by atoms with Crippen molar-refractivity contribution in [2.24, 2.45) is 0 Å². The zero-order chi connectivity index (χ0) is 20.4. The molecule has 0 fully saturated rings. The zero-order valence-electron chi connectivity index (χ0n) is 15.5. The summed E-state index contributed by atoms with van der Waals surface area (Å²) < 4.78 is 13.5. The highest BCUT2D eigenvalue weighted by Crippen LogP contribution is 2.40. The lowest BCUT2D eigenvalue weighted by molar-refractivity contribution is -0.138. The Labute approximate surface area is 161 Å². The number of phenols is 1. The predicted octanol–water partition coefficient (Wildman–Crippen LogP) is 3.73. The smallest absolute Gasteiger partial charge is 0.328 e. The first-order valence-corrected chi connectivity index (χ1v) is 8.84. The number of anilines is 1. The van der Waals surface area contributed by atoms with E-state index in [4.69, 9.17) is 0 Å². The fraction of sp³-hybridized carbons (Fsp3) is 0.238. The molecule has 1 aromatic heterocycles. The highest BCUT2D eigenvalue weighted by molar-refractivity contribution is 5.99. The molecule has 4 N–H and O–H groups in total. The molecular formula is C21H21FN2O4. The van der Waals surface area contributed by atoms with Crippen molar-refractivity contribution in [2.75, 3.05) is 11.9 Å². The molecular weight excluding hydrogens is 363 g/mol. The number of phenolic OH excluding ortho intramolecular Hbond substituents is 1. The number of halogens is 1. The number of aromatic hydroxyl groups is 1. The minimum absolute atomic E-state index is 0.0187. The summed E-state index contributed by atoms with van der Waals surface area (Å²) in [5, 5.41) is 32.1. The fourth-order valence-electron chi connectivity index (χ4n) is 3.22. The Kier molecular flexibility index (Phi) is 5.46. The molecule has 1 heterocycles. The zero-order valence-corrected chi connectivity index (χ0v) is 15.5. The number of carboxylic acids is 1. The molecule has 3 aromatic rings. The molecule has 0 aliphatic heterocycles. The van der Waals surface area contributed by atoms with Gasteiger partial charge in [-0.25, -0.2) is 14.2 Å². The highest BCUT2D eigenvalue weighted by Gasteiger charge is 2.23. The second-order valence-corrected chi connectivity index (χ2v) is 6.83. The number of hydrogen-bond donors (Lipinski definition) is 4. The molecule has 0 aliphatic rings. The number of carbonyl (C=O) groups is 1. The van der Waals surface area contributed by atoms with Crippen molar-refractivity contribution in [2.45, 2.75) is 25.8 Å². The van der Waals surface area contributed by atoms with Crippen LogP contribution >= 0.6 is 0 Å². The van der Waals surface area contributed by atoms with E-state index in [1.807, 2.05) is 13.8 Å². The quantitative estimate of drug-likeness (QED) is 0.516. The number of aliphatic hydroxyl groups excluding tert-OH is 1. The second-order valence-electron chi connectivity index (χ2n) is 6.83. The topological polar surface area (TPSA) is 103 Å². The third-order valence-corrected chi connectivity index (χ3v) is 4.51. The summed E-state index contributed by atoms with van der Waals surface area (Å²) in [6, 6.07) is 9.52. The van der Waals surface area contributed by atoms with E-state index in [0.29, 0.717) is 11.3 Å². The number of benzene rings is 2. The molecule has 0 radical (unpaired) electrons. The lowest BCUT2D eigenvalue weighted by Gasteiger charge is -2.23. The van der Waals surface area contributed by atoms with Crippen molar-refractivity contribution in [3.8, 4) is 16.9 Å². The summed E-state index contributed by atoms with van der Waals surface area (Å²) in [7, 11) is 0. The van der Waals surface area contributed by atoms with Crippen LogP contribution in [0.2, 0.25) is 0 Å². The Morgan fingerprint density at radius 2 is 1.86 bits per heavy atom. The lowest BCUT2D eigenvalue weighted by atomic mass is 9.89. The fourth-order valence-corrected chi connectivity index (χ4v) is 3.22. The summed E-state index contributed by atoms with van der Waals surface area (Å²) >= 11 is 0. The minimum atomic E-state index is -1.24. The molecule has 1 atom stereocenters. The molecule has 7 heteroatoms. The van der Waals surface area contributed by atoms with E-state index >= 15 is 0 Å². The number of fused-ring (bicyclic) bond motifs is 1. The Balaban J connectivity index is 2.35. The van der Waals surface area contributed by atoms with Crippen LogP contribution in [0.25, 0.3) is 22.0 Å². The van der Waals surface area contributed by atoms with E-state index in [1.54, 1.807) is 24.3 Å². The number of rotatable bonds is 6. The van der Waals surface area contributed by atoms with Crippen LogP contribution in [-0.2, 0) is 4.79 Å². The Hall–Kier alpha value is -3.19. The van der Waals surface area contributed by atoms with Gasteiger partial charge in [-0.15, -0.1) is 0 Å². The second kappa shape index (κ2) is 7.82. The van der Waals surface area contributed by atoms with E-state index in [2.05, 4.69) is 10.3 Å². The number of carboxylic acid groups (broad SMARTS) is 1. The van der Waals surface area contributed by atoms with Crippen LogP contribution in [0.4, 0.5) is 10.2 Å². The average molecular weight is 384 g/mol. The normalized spacial score (nSPS) is 12.3. The van der Waals surface area contributed by atoms with Crippen LogP contribution in [0.1, 0.15) is 25.3 Å². The molecule has 146 valence electrons. The van der Waals surface area contributed by atoms with Crippen LogP contribution in [0.3, 0.4) is 0 Å². The first-order valence-electron chi connectivity index (χ1n) is 8.84. The molecule has 0 aliphatic carbocycles. The van der Waals surface area contributed by atoms with Gasteiger partial charge in [0.05, 0.1) is 12.1 Å². The van der Waals surface area contributed by atoms with Crippen LogP contribution in [0.15, 0.2) is 42.5 Å². The summed E-state index contributed by atoms with van der Waals surface area (Å²) in [6.07, 6.45) is 0. The molecule has 0 bridgehead atoms. The first kappa shape index (κ1) is 19.6. The van der Waals surface area contributed by atoms with Gasteiger partial charge in [-0.2, -0.15) is 0 Å². The van der Waals surface area contributed by atoms with Gasteiger partial charge in [0.2, 0.25) is 0 Å². The van der Waals surface area contributed by atoms with Gasteiger partial charge >= 0.3 is 5.97 Å². The Morgan fingerprint density at radius 3 is 2.43 bits per heavy atom. The van der Waals surface area contributed by atoms with Crippen LogP contribution in [0, 0.1) is 5.82 Å². The maximum atomic E-state index is 13.5. The van der Waals surface area contributed by atoms with Gasteiger partial charge in [-0.1, -0.05) is 26.0 Å². The number of nitrogens with zero attached hydrogens (tertiary/aromatic N) is 1.